The number of ether oxygens (including phenoxy) is 1. The van der Waals surface area contributed by atoms with Gasteiger partial charge in [-0.3, -0.25) is 9.59 Å². The monoisotopic (exact) mass is 669 g/mol. The molecule has 3 aliphatic rings. The van der Waals surface area contributed by atoms with E-state index in [0.717, 1.165) is 16.8 Å². The number of hydrogen-bond donors (Lipinski definition) is 1. The molecule has 2 fully saturated rings. The first-order chi connectivity index (χ1) is 21.6. The van der Waals surface area contributed by atoms with Crippen LogP contribution in [0, 0.1) is 5.92 Å². The Labute approximate surface area is 262 Å². The number of rotatable bonds is 6. The molecule has 8 nitrogen and oxygen atoms in total. The molecule has 1 amide bonds. The molecule has 1 saturated heterocycles. The van der Waals surface area contributed by atoms with Gasteiger partial charge in [0.25, 0.3) is 5.91 Å². The van der Waals surface area contributed by atoms with E-state index in [1.807, 2.05) is 0 Å². The Morgan fingerprint density at radius 2 is 1.76 bits per heavy atom. The van der Waals surface area contributed by atoms with Crippen molar-refractivity contribution in [2.75, 3.05) is 20.2 Å². The number of halogens is 7. The van der Waals surface area contributed by atoms with E-state index in [4.69, 9.17) is 16.3 Å². The number of likely N-dealkylation sites (tertiary alicyclic amines) is 1. The fraction of sp³-hybridized carbons (Fsp3) is 0.419. The third kappa shape index (κ3) is 5.24. The fourth-order valence-electron chi connectivity index (χ4n) is 6.44. The molecule has 1 saturated carbocycles. The maximum absolute atomic E-state index is 14.2. The van der Waals surface area contributed by atoms with Crippen LogP contribution in [0.2, 0.25) is 5.02 Å². The topological polar surface area (TPSA) is 102 Å². The van der Waals surface area contributed by atoms with E-state index in [1.54, 1.807) is 4.90 Å². The van der Waals surface area contributed by atoms with Crippen molar-refractivity contribution >= 4 is 29.4 Å². The van der Waals surface area contributed by atoms with Gasteiger partial charge in [0.05, 0.1) is 44.6 Å². The maximum Gasteiger partial charge on any atom is 0.417 e. The zero-order chi connectivity index (χ0) is 33.3. The van der Waals surface area contributed by atoms with Gasteiger partial charge in [0.15, 0.2) is 0 Å². The Morgan fingerprint density at radius 1 is 1.07 bits per heavy atom. The summed E-state index contributed by atoms with van der Waals surface area (Å²) in [6.45, 7) is 0.724. The van der Waals surface area contributed by atoms with E-state index < -0.39 is 52.3 Å². The van der Waals surface area contributed by atoms with E-state index in [0.29, 0.717) is 24.7 Å². The van der Waals surface area contributed by atoms with Crippen LogP contribution in [0.15, 0.2) is 36.4 Å². The summed E-state index contributed by atoms with van der Waals surface area (Å²) in [5.74, 6) is -3.68. The van der Waals surface area contributed by atoms with Crippen molar-refractivity contribution in [2.45, 2.75) is 56.0 Å². The van der Waals surface area contributed by atoms with Gasteiger partial charge in [-0.1, -0.05) is 29.8 Å². The molecule has 3 aromatic rings. The minimum Gasteiger partial charge on any atom is -0.478 e. The predicted octanol–water partition coefficient (Wildman–Crippen LogP) is 6.17. The van der Waals surface area contributed by atoms with Crippen molar-refractivity contribution in [3.8, 4) is 11.3 Å². The molecule has 1 unspecified atom stereocenters. The highest BCUT2D eigenvalue weighted by atomic mass is 35.5. The van der Waals surface area contributed by atoms with Gasteiger partial charge in [-0.25, -0.2) is 4.79 Å². The van der Waals surface area contributed by atoms with Gasteiger partial charge in [0.2, 0.25) is 5.91 Å². The second-order valence-corrected chi connectivity index (χ2v) is 12.2. The second kappa shape index (κ2) is 11.1. The van der Waals surface area contributed by atoms with E-state index in [9.17, 15) is 45.8 Å². The van der Waals surface area contributed by atoms with Crippen LogP contribution in [-0.4, -0.2) is 70.1 Å². The average Bonchev–Trinajstić information content (AvgIpc) is 3.71. The lowest BCUT2D eigenvalue weighted by molar-refractivity contribution is -0.160. The van der Waals surface area contributed by atoms with Gasteiger partial charge in [-0.2, -0.15) is 36.1 Å². The SMILES string of the molecule is COC1CN(C(=O)C2CCc3c(-c4ccc(C(=O)O)c(C(F)(F)F)c4)nn(C(=O)c4c(Cl)cccc4C4(C(F)(F)F)CC4)c3C2)C1. The molecule has 0 bridgehead atoms. The lowest BCUT2D eigenvalue weighted by Crippen LogP contribution is -2.56. The third-order valence-corrected chi connectivity index (χ3v) is 9.49. The maximum atomic E-state index is 14.2. The largest absolute Gasteiger partial charge is 0.478 e. The number of aromatic nitrogens is 2. The molecule has 244 valence electrons. The highest BCUT2D eigenvalue weighted by Gasteiger charge is 2.65. The first-order valence-corrected chi connectivity index (χ1v) is 14.7. The van der Waals surface area contributed by atoms with Crippen molar-refractivity contribution in [3.05, 3.63) is 74.9 Å². The summed E-state index contributed by atoms with van der Waals surface area (Å²) >= 11 is 6.38. The number of alkyl halides is 6. The Bertz CT molecular complexity index is 1760. The van der Waals surface area contributed by atoms with Crippen LogP contribution in [-0.2, 0) is 34.0 Å². The Hall–Kier alpha value is -3.91. The molecule has 2 heterocycles. The predicted molar refractivity (Wildman–Crippen MR) is 151 cm³/mol. The minimum absolute atomic E-state index is 0.0649. The third-order valence-electron chi connectivity index (χ3n) is 9.17. The molecule has 15 heteroatoms. The number of amides is 1. The number of carboxylic acids is 1. The van der Waals surface area contributed by atoms with Crippen LogP contribution in [0.25, 0.3) is 11.3 Å². The molecule has 0 radical (unpaired) electrons. The molecule has 2 aromatic carbocycles. The highest BCUT2D eigenvalue weighted by molar-refractivity contribution is 6.34. The van der Waals surface area contributed by atoms with E-state index in [-0.39, 0.29) is 71.7 Å². The molecule has 1 atom stereocenters. The van der Waals surface area contributed by atoms with Crippen LogP contribution >= 0.6 is 11.6 Å². The van der Waals surface area contributed by atoms with Crippen LogP contribution in [0.1, 0.15) is 62.4 Å². The molecular formula is C31H26ClF6N3O5. The first-order valence-electron chi connectivity index (χ1n) is 14.3. The Morgan fingerprint density at radius 3 is 2.35 bits per heavy atom. The standard InChI is InChI=1S/C31H26ClF6N3O5/c1-46-17-13-40(14-17)26(42)16-6-8-19-23(12-16)41(39-25(19)15-5-7-18(28(44)45)21(11-15)30(33,34)35)27(43)24-20(3-2-4-22(24)32)29(9-10-29)31(36,37)38/h2-5,7,11,16-17H,6,8-10,12-14H2,1H3,(H,44,45). The lowest BCUT2D eigenvalue weighted by Gasteiger charge is -2.40. The molecule has 46 heavy (non-hydrogen) atoms. The number of nitrogens with zero attached hydrogens (tertiary/aromatic N) is 3. The summed E-state index contributed by atoms with van der Waals surface area (Å²) in [7, 11) is 1.52. The van der Waals surface area contributed by atoms with Crippen molar-refractivity contribution in [3.63, 3.8) is 0 Å². The number of carbonyl (C=O) groups is 3. The van der Waals surface area contributed by atoms with Gasteiger partial charge in [0.1, 0.15) is 0 Å². The van der Waals surface area contributed by atoms with Crippen LogP contribution < -0.4 is 0 Å². The quantitative estimate of drug-likeness (QED) is 0.316. The highest BCUT2D eigenvalue weighted by Crippen LogP contribution is 2.60. The number of benzene rings is 2. The zero-order valence-electron chi connectivity index (χ0n) is 24.1. The van der Waals surface area contributed by atoms with E-state index >= 15 is 0 Å². The minimum atomic E-state index is -5.04. The smallest absolute Gasteiger partial charge is 0.417 e. The van der Waals surface area contributed by atoms with Crippen LogP contribution in [0.4, 0.5) is 26.3 Å². The van der Waals surface area contributed by atoms with Gasteiger partial charge >= 0.3 is 18.3 Å². The number of fused-ring (bicyclic) bond motifs is 1. The zero-order valence-corrected chi connectivity index (χ0v) is 24.9. The normalized spacial score (nSPS) is 19.4. The van der Waals surface area contributed by atoms with Crippen molar-refractivity contribution < 1.29 is 50.6 Å². The first kappa shape index (κ1) is 32.0. The molecule has 0 spiro atoms. The summed E-state index contributed by atoms with van der Waals surface area (Å²) in [4.78, 5) is 40.7. The van der Waals surface area contributed by atoms with Gasteiger partial charge in [-0.15, -0.1) is 0 Å². The Kier molecular flexibility index (Phi) is 7.74. The second-order valence-electron chi connectivity index (χ2n) is 11.8. The molecule has 2 aliphatic carbocycles. The molecule has 1 aliphatic heterocycles. The molecule has 1 N–H and O–H groups in total. The van der Waals surface area contributed by atoms with Gasteiger partial charge in [0, 0.05) is 43.7 Å². The number of carbonyl (C=O) groups excluding carboxylic acids is 2. The summed E-state index contributed by atoms with van der Waals surface area (Å²) in [5.41, 5.74) is -5.22. The molecular weight excluding hydrogens is 644 g/mol. The number of hydrogen-bond acceptors (Lipinski definition) is 5. The number of carboxylic acid groups (broad SMARTS) is 1. The fourth-order valence-corrected chi connectivity index (χ4v) is 6.69. The summed E-state index contributed by atoms with van der Waals surface area (Å²) < 4.78 is 90.5. The van der Waals surface area contributed by atoms with Crippen molar-refractivity contribution in [1.82, 2.24) is 14.7 Å². The molecule has 6 rings (SSSR count). The number of methoxy groups -OCH3 is 1. The van der Waals surface area contributed by atoms with Gasteiger partial charge in [-0.05, 0) is 49.4 Å². The summed E-state index contributed by atoms with van der Waals surface area (Å²) in [5, 5.41) is 13.4. The lowest BCUT2D eigenvalue weighted by atomic mass is 9.84. The van der Waals surface area contributed by atoms with E-state index in [1.165, 1.54) is 25.3 Å². The van der Waals surface area contributed by atoms with Gasteiger partial charge < -0.3 is 14.7 Å². The number of aromatic carboxylic acids is 1. The van der Waals surface area contributed by atoms with Crippen molar-refractivity contribution in [2.24, 2.45) is 5.92 Å². The van der Waals surface area contributed by atoms with Crippen LogP contribution in [0.3, 0.4) is 0 Å². The summed E-state index contributed by atoms with van der Waals surface area (Å²) in [6, 6.07) is 6.28. The van der Waals surface area contributed by atoms with Crippen molar-refractivity contribution in [1.29, 1.82) is 0 Å². The average molecular weight is 670 g/mol. The van der Waals surface area contributed by atoms with Crippen LogP contribution in [0.5, 0.6) is 0 Å². The Balaban J connectivity index is 1.49. The van der Waals surface area contributed by atoms with E-state index in [2.05, 4.69) is 5.10 Å². The molecule has 1 aromatic heterocycles. The summed E-state index contributed by atoms with van der Waals surface area (Å²) in [6.07, 6.45) is -10.1.